The van der Waals surface area contributed by atoms with Crippen LogP contribution < -0.4 is 25.0 Å². The van der Waals surface area contributed by atoms with Gasteiger partial charge in [0.25, 0.3) is 0 Å². The van der Waals surface area contributed by atoms with Gasteiger partial charge in [0, 0.05) is 37.3 Å². The van der Waals surface area contributed by atoms with E-state index in [1.54, 1.807) is 38.2 Å². The minimum absolute atomic E-state index is 0.0625. The minimum Gasteiger partial charge on any atom is -0.493 e. The van der Waals surface area contributed by atoms with Gasteiger partial charge in [-0.25, -0.2) is 4.98 Å². The van der Waals surface area contributed by atoms with Gasteiger partial charge in [0.1, 0.15) is 11.4 Å². The Morgan fingerprint density at radius 3 is 2.94 bits per heavy atom. The molecule has 1 fully saturated rings. The third kappa shape index (κ3) is 5.13. The molecule has 1 aromatic carbocycles. The summed E-state index contributed by atoms with van der Waals surface area (Å²) in [6.45, 7) is 1.72. The van der Waals surface area contributed by atoms with Crippen molar-refractivity contribution < 1.29 is 14.3 Å². The summed E-state index contributed by atoms with van der Waals surface area (Å²) >= 11 is 1.45. The molecular weight excluding hydrogens is 480 g/mol. The maximum atomic E-state index is 13.0. The third-order valence-corrected chi connectivity index (χ3v) is 6.64. The Morgan fingerprint density at radius 2 is 2.08 bits per heavy atom. The van der Waals surface area contributed by atoms with Gasteiger partial charge in [0.15, 0.2) is 22.1 Å². The zero-order valence-corrected chi connectivity index (χ0v) is 20.8. The smallest absolute Gasteiger partial charge is 0.230 e. The van der Waals surface area contributed by atoms with Gasteiger partial charge in [-0.3, -0.25) is 14.8 Å². The summed E-state index contributed by atoms with van der Waals surface area (Å²) in [6, 6.07) is 5.56. The number of carbonyl (C=O) groups excluding carboxylic acids is 1. The Kier molecular flexibility index (Phi) is 7.03. The molecule has 1 atom stereocenters. The molecule has 0 spiro atoms. The quantitative estimate of drug-likeness (QED) is 0.522. The average Bonchev–Trinajstić information content (AvgIpc) is 3.25. The number of aliphatic imine (C=N–C) groups is 2. The summed E-state index contributed by atoms with van der Waals surface area (Å²) in [5.41, 5.74) is 3.22. The highest BCUT2D eigenvalue weighted by Gasteiger charge is 2.28. The second kappa shape index (κ2) is 10.7. The van der Waals surface area contributed by atoms with Crippen LogP contribution >= 0.6 is 11.3 Å². The van der Waals surface area contributed by atoms with Crippen molar-refractivity contribution in [3.05, 3.63) is 36.0 Å². The first kappa shape index (κ1) is 23.7. The highest BCUT2D eigenvalue weighted by molar-refractivity contribution is 7.16. The average molecular weight is 507 g/mol. The Hall–Kier alpha value is -4.06. The van der Waals surface area contributed by atoms with Crippen molar-refractivity contribution in [2.75, 3.05) is 44.1 Å². The molecule has 0 aliphatic carbocycles. The molecule has 12 heteroatoms. The number of aromatic nitrogens is 3. The summed E-state index contributed by atoms with van der Waals surface area (Å²) in [7, 11) is 3.19. The van der Waals surface area contributed by atoms with Gasteiger partial charge < -0.3 is 25.0 Å². The number of amidine groups is 1. The van der Waals surface area contributed by atoms with E-state index in [0.717, 1.165) is 29.9 Å². The van der Waals surface area contributed by atoms with Gasteiger partial charge in [-0.05, 0) is 31.1 Å². The van der Waals surface area contributed by atoms with E-state index in [2.05, 4.69) is 30.5 Å². The number of anilines is 3. The molecule has 2 aliphatic heterocycles. The van der Waals surface area contributed by atoms with Crippen LogP contribution in [0.15, 0.2) is 46.0 Å². The maximum Gasteiger partial charge on any atom is 0.230 e. The number of hydrogen-bond donors (Lipinski definition) is 2. The molecule has 5 rings (SSSR count). The monoisotopic (exact) mass is 506 g/mol. The molecule has 2 aromatic heterocycles. The standard InChI is InChI=1S/C24H26N8O3S/c1-34-17-6-5-16(12-18(17)35-2)28-21-20-23(36-14-27-20)31-24(30-21)32-11-3-4-15(13-32)22(33)29-19-7-8-25-9-10-26-19/h5-9,12,14-15H,3-4,10-11,13H2,1-2H3,(H,26,29,33)(H,28,30,31). The first-order valence-corrected chi connectivity index (χ1v) is 12.4. The molecule has 36 heavy (non-hydrogen) atoms. The predicted molar refractivity (Wildman–Crippen MR) is 141 cm³/mol. The number of methoxy groups -OCH3 is 2. The number of piperidine rings is 1. The number of hydrogen-bond acceptors (Lipinski definition) is 11. The topological polar surface area (TPSA) is 126 Å². The number of rotatable bonds is 6. The van der Waals surface area contributed by atoms with Crippen molar-refractivity contribution in [3.8, 4) is 11.5 Å². The van der Waals surface area contributed by atoms with E-state index >= 15 is 0 Å². The second-order valence-corrected chi connectivity index (χ2v) is 9.05. The molecule has 2 aliphatic rings. The van der Waals surface area contributed by atoms with E-state index in [4.69, 9.17) is 19.4 Å². The lowest BCUT2D eigenvalue weighted by atomic mass is 9.97. The van der Waals surface area contributed by atoms with Crippen LogP contribution in [0.25, 0.3) is 10.3 Å². The summed E-state index contributed by atoms with van der Waals surface area (Å²) in [6.07, 6.45) is 6.67. The van der Waals surface area contributed by atoms with Crippen molar-refractivity contribution in [3.63, 3.8) is 0 Å². The molecule has 4 heterocycles. The van der Waals surface area contributed by atoms with Crippen molar-refractivity contribution in [1.82, 2.24) is 20.3 Å². The number of thiazole rings is 1. The van der Waals surface area contributed by atoms with Gasteiger partial charge in [-0.15, -0.1) is 11.3 Å². The molecule has 0 saturated carbocycles. The molecule has 11 nitrogen and oxygen atoms in total. The largest absolute Gasteiger partial charge is 0.493 e. The van der Waals surface area contributed by atoms with Crippen molar-refractivity contribution in [1.29, 1.82) is 0 Å². The summed E-state index contributed by atoms with van der Waals surface area (Å²) in [5, 5.41) is 6.27. The van der Waals surface area contributed by atoms with Gasteiger partial charge in [0.2, 0.25) is 11.9 Å². The number of ether oxygens (including phenoxy) is 2. The minimum atomic E-state index is -0.206. The number of nitrogens with zero attached hydrogens (tertiary/aromatic N) is 6. The van der Waals surface area contributed by atoms with Crippen molar-refractivity contribution in [2.45, 2.75) is 12.8 Å². The number of fused-ring (bicyclic) bond motifs is 1. The van der Waals surface area contributed by atoms with E-state index in [-0.39, 0.29) is 11.8 Å². The molecule has 0 bridgehead atoms. The van der Waals surface area contributed by atoms with Crippen LogP contribution in [0.4, 0.5) is 17.5 Å². The lowest BCUT2D eigenvalue weighted by Crippen LogP contribution is -2.45. The molecule has 3 aromatic rings. The zero-order valence-electron chi connectivity index (χ0n) is 20.0. The summed E-state index contributed by atoms with van der Waals surface area (Å²) in [4.78, 5) is 38.2. The molecule has 1 amide bonds. The van der Waals surface area contributed by atoms with Crippen LogP contribution in [0.5, 0.6) is 11.5 Å². The first-order chi connectivity index (χ1) is 17.6. The summed E-state index contributed by atoms with van der Waals surface area (Å²) < 4.78 is 10.8. The molecule has 1 unspecified atom stereocenters. The molecule has 2 N–H and O–H groups in total. The van der Waals surface area contributed by atoms with Crippen molar-refractivity contribution >= 4 is 57.1 Å². The first-order valence-electron chi connectivity index (χ1n) is 11.5. The Morgan fingerprint density at radius 1 is 1.19 bits per heavy atom. The Labute approximate surface area is 212 Å². The van der Waals surface area contributed by atoms with E-state index in [1.807, 2.05) is 18.2 Å². The lowest BCUT2D eigenvalue weighted by Gasteiger charge is -2.32. The van der Waals surface area contributed by atoms with E-state index < -0.39 is 0 Å². The van der Waals surface area contributed by atoms with E-state index in [0.29, 0.717) is 47.7 Å². The van der Waals surface area contributed by atoms with Crippen molar-refractivity contribution in [2.24, 2.45) is 15.9 Å². The molecule has 0 radical (unpaired) electrons. The number of benzene rings is 1. The van der Waals surface area contributed by atoms with Crippen LogP contribution in [-0.4, -0.2) is 66.8 Å². The fraction of sp³-hybridized carbons (Fsp3) is 0.333. The SMILES string of the molecule is COc1ccc(Nc2nc(N3CCCC(C(=O)NC4=NCC=NC=C4)C3)nc3scnc23)cc1OC. The third-order valence-electron chi connectivity index (χ3n) is 5.93. The number of carbonyl (C=O) groups is 1. The van der Waals surface area contributed by atoms with Gasteiger partial charge in [-0.2, -0.15) is 9.97 Å². The van der Waals surface area contributed by atoms with Crippen LogP contribution in [0.3, 0.4) is 0 Å². The van der Waals surface area contributed by atoms with Crippen LogP contribution in [0.1, 0.15) is 12.8 Å². The van der Waals surface area contributed by atoms with Gasteiger partial charge in [0.05, 0.1) is 32.2 Å². The fourth-order valence-electron chi connectivity index (χ4n) is 4.13. The number of amides is 1. The molecule has 1 saturated heterocycles. The predicted octanol–water partition coefficient (Wildman–Crippen LogP) is 3.18. The van der Waals surface area contributed by atoms with Gasteiger partial charge >= 0.3 is 0 Å². The van der Waals surface area contributed by atoms with E-state index in [9.17, 15) is 4.79 Å². The number of nitrogens with one attached hydrogen (secondary N) is 2. The highest BCUT2D eigenvalue weighted by atomic mass is 32.1. The summed E-state index contributed by atoms with van der Waals surface area (Å²) in [5.74, 6) is 2.66. The maximum absolute atomic E-state index is 13.0. The normalized spacial score (nSPS) is 17.4. The van der Waals surface area contributed by atoms with Gasteiger partial charge in [-0.1, -0.05) is 0 Å². The van der Waals surface area contributed by atoms with Crippen LogP contribution in [0.2, 0.25) is 0 Å². The van der Waals surface area contributed by atoms with Crippen LogP contribution in [0, 0.1) is 5.92 Å². The zero-order chi connectivity index (χ0) is 24.9. The van der Waals surface area contributed by atoms with E-state index in [1.165, 1.54) is 11.3 Å². The molecule has 186 valence electrons. The Bertz CT molecular complexity index is 1350. The Balaban J connectivity index is 1.36. The van der Waals surface area contributed by atoms with Crippen LogP contribution in [-0.2, 0) is 4.79 Å². The lowest BCUT2D eigenvalue weighted by molar-refractivity contribution is -0.123. The molecular formula is C24H26N8O3S. The fourth-order valence-corrected chi connectivity index (χ4v) is 4.78. The highest BCUT2D eigenvalue weighted by Crippen LogP contribution is 2.33. The second-order valence-electron chi connectivity index (χ2n) is 8.22.